The number of carbonyl (C=O) groups excluding carboxylic acids is 1. The summed E-state index contributed by atoms with van der Waals surface area (Å²) in [6.45, 7) is 2.33. The molecule has 0 saturated carbocycles. The molecule has 0 unspecified atom stereocenters. The molecule has 1 heterocycles. The Hall–Kier alpha value is -2.84. The number of nitrogens with zero attached hydrogens (tertiary/aromatic N) is 1. The fraction of sp³-hybridized carbons (Fsp3) is 0.190. The van der Waals surface area contributed by atoms with E-state index in [9.17, 15) is 13.2 Å². The van der Waals surface area contributed by atoms with E-state index in [-0.39, 0.29) is 16.7 Å². The quantitative estimate of drug-likeness (QED) is 0.593. The predicted octanol–water partition coefficient (Wildman–Crippen LogP) is 3.58. The van der Waals surface area contributed by atoms with Gasteiger partial charge >= 0.3 is 0 Å². The number of rotatable bonds is 8. The zero-order chi connectivity index (χ0) is 20.9. The lowest BCUT2D eigenvalue weighted by Crippen LogP contribution is -2.28. The van der Waals surface area contributed by atoms with Crippen LogP contribution in [-0.2, 0) is 21.4 Å². The highest BCUT2D eigenvalue weighted by Gasteiger charge is 2.22. The van der Waals surface area contributed by atoms with Crippen molar-refractivity contribution < 1.29 is 17.9 Å². The second kappa shape index (κ2) is 9.11. The summed E-state index contributed by atoms with van der Waals surface area (Å²) in [6.07, 6.45) is 0. The van der Waals surface area contributed by atoms with Gasteiger partial charge in [0.05, 0.1) is 5.69 Å². The van der Waals surface area contributed by atoms with Gasteiger partial charge in [0, 0.05) is 13.6 Å². The van der Waals surface area contributed by atoms with Crippen molar-refractivity contribution in [2.45, 2.75) is 17.7 Å². The Labute approximate surface area is 174 Å². The second-order valence-corrected chi connectivity index (χ2v) is 9.59. The Bertz CT molecular complexity index is 1050. The summed E-state index contributed by atoms with van der Waals surface area (Å²) in [5, 5.41) is 4.53. The van der Waals surface area contributed by atoms with E-state index in [1.54, 1.807) is 41.8 Å². The van der Waals surface area contributed by atoms with Gasteiger partial charge in [-0.2, -0.15) is 0 Å². The van der Waals surface area contributed by atoms with Crippen molar-refractivity contribution in [3.05, 3.63) is 77.2 Å². The molecule has 0 radical (unpaired) electrons. The van der Waals surface area contributed by atoms with Crippen molar-refractivity contribution in [2.75, 3.05) is 18.0 Å². The van der Waals surface area contributed by atoms with Gasteiger partial charge < -0.3 is 10.1 Å². The van der Waals surface area contributed by atoms with Crippen LogP contribution in [0.3, 0.4) is 0 Å². The molecule has 2 aromatic carbocycles. The molecule has 3 rings (SSSR count). The minimum atomic E-state index is -3.58. The Morgan fingerprint density at radius 1 is 1.07 bits per heavy atom. The molecular formula is C21H22N2O4S2. The van der Waals surface area contributed by atoms with E-state index in [1.165, 1.54) is 28.3 Å². The lowest BCUT2D eigenvalue weighted by Gasteiger charge is -2.18. The van der Waals surface area contributed by atoms with Gasteiger partial charge in [0.15, 0.2) is 6.61 Å². The van der Waals surface area contributed by atoms with Crippen molar-refractivity contribution in [2.24, 2.45) is 0 Å². The second-order valence-electron chi connectivity index (χ2n) is 6.45. The van der Waals surface area contributed by atoms with Gasteiger partial charge in [-0.1, -0.05) is 35.9 Å². The molecule has 3 aromatic rings. The largest absolute Gasteiger partial charge is 0.484 e. The van der Waals surface area contributed by atoms with E-state index in [2.05, 4.69) is 5.32 Å². The number of hydrogen-bond donors (Lipinski definition) is 1. The SMILES string of the molecule is Cc1ccc(CNC(=O)COc2ccc(N(C)S(=O)(=O)c3cccs3)cc2)cc1. The van der Waals surface area contributed by atoms with Crippen LogP contribution in [0.15, 0.2) is 70.3 Å². The third kappa shape index (κ3) is 5.36. The first-order valence-corrected chi connectivity index (χ1v) is 11.3. The van der Waals surface area contributed by atoms with Gasteiger partial charge in [0.25, 0.3) is 15.9 Å². The van der Waals surface area contributed by atoms with Crippen LogP contribution in [0, 0.1) is 6.92 Å². The standard InChI is InChI=1S/C21H22N2O4S2/c1-16-5-7-17(8-6-16)14-22-20(24)15-27-19-11-9-18(10-12-19)23(2)29(25,26)21-4-3-13-28-21/h3-13H,14-15H2,1-2H3,(H,22,24). The summed E-state index contributed by atoms with van der Waals surface area (Å²) in [4.78, 5) is 12.0. The summed E-state index contributed by atoms with van der Waals surface area (Å²) < 4.78 is 32.1. The Morgan fingerprint density at radius 2 is 1.76 bits per heavy atom. The van der Waals surface area contributed by atoms with Crippen LogP contribution in [0.5, 0.6) is 5.75 Å². The van der Waals surface area contributed by atoms with Crippen molar-refractivity contribution in [1.29, 1.82) is 0 Å². The van der Waals surface area contributed by atoms with Gasteiger partial charge in [-0.05, 0) is 48.2 Å². The number of benzene rings is 2. The van der Waals surface area contributed by atoms with Crippen molar-refractivity contribution in [3.63, 3.8) is 0 Å². The van der Waals surface area contributed by atoms with E-state index in [1.807, 2.05) is 31.2 Å². The highest BCUT2D eigenvalue weighted by Crippen LogP contribution is 2.26. The molecule has 29 heavy (non-hydrogen) atoms. The van der Waals surface area contributed by atoms with Crippen LogP contribution >= 0.6 is 11.3 Å². The van der Waals surface area contributed by atoms with E-state index >= 15 is 0 Å². The fourth-order valence-corrected chi connectivity index (χ4v) is 4.90. The monoisotopic (exact) mass is 430 g/mol. The van der Waals surface area contributed by atoms with Gasteiger partial charge in [-0.25, -0.2) is 8.42 Å². The van der Waals surface area contributed by atoms with Crippen LogP contribution in [0.4, 0.5) is 5.69 Å². The molecule has 0 aliphatic rings. The predicted molar refractivity (Wildman–Crippen MR) is 115 cm³/mol. The Kier molecular flexibility index (Phi) is 6.56. The molecule has 8 heteroatoms. The first kappa shape index (κ1) is 20.9. The summed E-state index contributed by atoms with van der Waals surface area (Å²) in [7, 11) is -2.07. The molecule has 152 valence electrons. The first-order chi connectivity index (χ1) is 13.9. The highest BCUT2D eigenvalue weighted by molar-refractivity contribution is 7.94. The summed E-state index contributed by atoms with van der Waals surface area (Å²) in [5.41, 5.74) is 2.69. The van der Waals surface area contributed by atoms with Crippen LogP contribution in [0.2, 0.25) is 0 Å². The zero-order valence-electron chi connectivity index (χ0n) is 16.2. The maximum atomic E-state index is 12.6. The van der Waals surface area contributed by atoms with Crippen LogP contribution in [-0.4, -0.2) is 28.0 Å². The first-order valence-electron chi connectivity index (χ1n) is 8.94. The number of ether oxygens (including phenoxy) is 1. The van der Waals surface area contributed by atoms with E-state index in [0.717, 1.165) is 5.56 Å². The average molecular weight is 431 g/mol. The third-order valence-corrected chi connectivity index (χ3v) is 7.45. The van der Waals surface area contributed by atoms with Gasteiger partial charge in [0.1, 0.15) is 9.96 Å². The lowest BCUT2D eigenvalue weighted by molar-refractivity contribution is -0.123. The molecule has 1 N–H and O–H groups in total. The minimum absolute atomic E-state index is 0.117. The number of amides is 1. The molecule has 0 spiro atoms. The van der Waals surface area contributed by atoms with Crippen molar-refractivity contribution in [3.8, 4) is 5.75 Å². The Morgan fingerprint density at radius 3 is 2.38 bits per heavy atom. The average Bonchev–Trinajstić information content (AvgIpc) is 3.27. The molecule has 1 aromatic heterocycles. The van der Waals surface area contributed by atoms with Crippen molar-refractivity contribution >= 4 is 33.0 Å². The van der Waals surface area contributed by atoms with Crippen molar-refractivity contribution in [1.82, 2.24) is 5.32 Å². The van der Waals surface area contributed by atoms with E-state index < -0.39 is 10.0 Å². The zero-order valence-corrected chi connectivity index (χ0v) is 17.8. The molecule has 0 aliphatic heterocycles. The van der Waals surface area contributed by atoms with Gasteiger partial charge in [-0.15, -0.1) is 11.3 Å². The number of thiophene rings is 1. The third-order valence-electron chi connectivity index (χ3n) is 4.29. The molecule has 0 saturated heterocycles. The highest BCUT2D eigenvalue weighted by atomic mass is 32.2. The molecule has 0 aliphatic carbocycles. The van der Waals surface area contributed by atoms with Crippen LogP contribution < -0.4 is 14.4 Å². The number of nitrogens with one attached hydrogen (secondary N) is 1. The summed E-state index contributed by atoms with van der Waals surface area (Å²) in [5.74, 6) is 0.258. The number of carbonyl (C=O) groups is 1. The summed E-state index contributed by atoms with van der Waals surface area (Å²) in [6, 6.07) is 17.8. The molecule has 0 atom stereocenters. The molecule has 1 amide bonds. The minimum Gasteiger partial charge on any atom is -0.484 e. The van der Waals surface area contributed by atoms with Crippen LogP contribution in [0.1, 0.15) is 11.1 Å². The normalized spacial score (nSPS) is 11.1. The van der Waals surface area contributed by atoms with E-state index in [4.69, 9.17) is 4.74 Å². The van der Waals surface area contributed by atoms with Gasteiger partial charge in [-0.3, -0.25) is 9.10 Å². The maximum Gasteiger partial charge on any atom is 0.273 e. The Balaban J connectivity index is 1.52. The molecule has 0 bridgehead atoms. The number of hydrogen-bond acceptors (Lipinski definition) is 5. The number of sulfonamides is 1. The van der Waals surface area contributed by atoms with Crippen LogP contribution in [0.25, 0.3) is 0 Å². The topological polar surface area (TPSA) is 75.7 Å². The number of aryl methyl sites for hydroxylation is 1. The number of anilines is 1. The lowest BCUT2D eigenvalue weighted by atomic mass is 10.1. The van der Waals surface area contributed by atoms with E-state index in [0.29, 0.717) is 18.0 Å². The fourth-order valence-electron chi connectivity index (χ4n) is 2.54. The molecular weight excluding hydrogens is 408 g/mol. The smallest absolute Gasteiger partial charge is 0.273 e. The van der Waals surface area contributed by atoms with Gasteiger partial charge in [0.2, 0.25) is 0 Å². The molecule has 6 nitrogen and oxygen atoms in total. The molecule has 0 fully saturated rings. The maximum absolute atomic E-state index is 12.6. The summed E-state index contributed by atoms with van der Waals surface area (Å²) >= 11 is 1.17.